The third kappa shape index (κ3) is 4.68. The summed E-state index contributed by atoms with van der Waals surface area (Å²) in [5, 5.41) is 0. The molecule has 2 N–H and O–H groups in total. The number of carbonyl (C=O) groups is 3. The first-order valence-corrected chi connectivity index (χ1v) is 10.0. The van der Waals surface area contributed by atoms with Crippen LogP contribution in [0.5, 0.6) is 5.88 Å². The molecule has 164 valence electrons. The number of pyridine rings is 1. The Kier molecular flexibility index (Phi) is 5.76. The van der Waals surface area contributed by atoms with Gasteiger partial charge in [0.1, 0.15) is 5.54 Å². The van der Waals surface area contributed by atoms with Crippen molar-refractivity contribution in [1.82, 2.24) is 14.8 Å². The van der Waals surface area contributed by atoms with Crippen molar-refractivity contribution in [1.29, 1.82) is 0 Å². The maximum atomic E-state index is 13.1. The van der Waals surface area contributed by atoms with E-state index in [4.69, 9.17) is 10.5 Å². The molecule has 0 unspecified atom stereocenters. The van der Waals surface area contributed by atoms with Gasteiger partial charge in [0.25, 0.3) is 5.91 Å². The van der Waals surface area contributed by atoms with Crippen molar-refractivity contribution in [2.45, 2.75) is 58.7 Å². The Labute approximate surface area is 182 Å². The van der Waals surface area contributed by atoms with Gasteiger partial charge in [-0.05, 0) is 42.0 Å². The first kappa shape index (κ1) is 22.3. The molecule has 8 nitrogen and oxygen atoms in total. The van der Waals surface area contributed by atoms with Crippen molar-refractivity contribution in [3.05, 3.63) is 59.3 Å². The Balaban J connectivity index is 1.79. The van der Waals surface area contributed by atoms with Crippen LogP contribution in [0.3, 0.4) is 0 Å². The van der Waals surface area contributed by atoms with E-state index in [1.54, 1.807) is 19.9 Å². The molecule has 0 bridgehead atoms. The average Bonchev–Trinajstić information content (AvgIpc) is 2.82. The lowest BCUT2D eigenvalue weighted by Crippen LogP contribution is -2.43. The van der Waals surface area contributed by atoms with Gasteiger partial charge in [-0.15, -0.1) is 0 Å². The summed E-state index contributed by atoms with van der Waals surface area (Å²) in [6.07, 6.45) is 0.485. The molecule has 1 aliphatic heterocycles. The Hall–Kier alpha value is -3.42. The van der Waals surface area contributed by atoms with E-state index in [1.807, 2.05) is 24.3 Å². The number of ether oxygens (including phenoxy) is 1. The van der Waals surface area contributed by atoms with Crippen LogP contribution in [0.25, 0.3) is 0 Å². The highest BCUT2D eigenvalue weighted by Crippen LogP contribution is 2.31. The summed E-state index contributed by atoms with van der Waals surface area (Å²) in [6, 6.07) is 10.8. The van der Waals surface area contributed by atoms with E-state index < -0.39 is 11.6 Å². The molecule has 0 spiro atoms. The van der Waals surface area contributed by atoms with Crippen LogP contribution >= 0.6 is 0 Å². The summed E-state index contributed by atoms with van der Waals surface area (Å²) in [4.78, 5) is 43.8. The molecule has 1 aromatic heterocycles. The smallest absolute Gasteiger partial charge is 0.391 e. The molecule has 4 amide bonds. The lowest BCUT2D eigenvalue weighted by molar-refractivity contribution is -0.132. The van der Waals surface area contributed by atoms with E-state index in [1.165, 1.54) is 27.6 Å². The minimum Gasteiger partial charge on any atom is -0.391 e. The molecule has 3 rings (SSSR count). The SMILES string of the molecule is CC(C)(C)c1ccc(CN2C(=O)N(Cc3ccnc(OC(N)=O)c3)C(C)(C)C2=O)cc1. The highest BCUT2D eigenvalue weighted by molar-refractivity contribution is 6.06. The summed E-state index contributed by atoms with van der Waals surface area (Å²) in [6.45, 7) is 10.2. The van der Waals surface area contributed by atoms with Gasteiger partial charge in [-0.3, -0.25) is 9.69 Å². The predicted octanol–water partition coefficient (Wildman–Crippen LogP) is 3.58. The molecule has 0 atom stereocenters. The van der Waals surface area contributed by atoms with Crippen LogP contribution in [0.15, 0.2) is 42.6 Å². The van der Waals surface area contributed by atoms with Gasteiger partial charge in [0.15, 0.2) is 0 Å². The van der Waals surface area contributed by atoms with E-state index >= 15 is 0 Å². The highest BCUT2D eigenvalue weighted by atomic mass is 16.6. The van der Waals surface area contributed by atoms with Crippen molar-refractivity contribution in [3.63, 3.8) is 0 Å². The van der Waals surface area contributed by atoms with Crippen molar-refractivity contribution in [2.24, 2.45) is 5.73 Å². The topological polar surface area (TPSA) is 106 Å². The van der Waals surface area contributed by atoms with Crippen LogP contribution in [0, 0.1) is 0 Å². The fraction of sp³-hybridized carbons (Fsp3) is 0.391. The minimum atomic E-state index is -1.02. The molecular weight excluding hydrogens is 396 g/mol. The summed E-state index contributed by atoms with van der Waals surface area (Å²) < 4.78 is 4.80. The molecule has 0 aliphatic carbocycles. The molecule has 2 aromatic rings. The van der Waals surface area contributed by atoms with Crippen LogP contribution in [-0.2, 0) is 23.3 Å². The third-order valence-electron chi connectivity index (χ3n) is 5.41. The molecule has 0 radical (unpaired) electrons. The Morgan fingerprint density at radius 3 is 2.29 bits per heavy atom. The Bertz CT molecular complexity index is 1010. The number of benzene rings is 1. The normalized spacial score (nSPS) is 16.0. The van der Waals surface area contributed by atoms with Gasteiger partial charge < -0.3 is 15.4 Å². The molecule has 31 heavy (non-hydrogen) atoms. The van der Waals surface area contributed by atoms with Gasteiger partial charge in [0, 0.05) is 18.8 Å². The second-order valence-corrected chi connectivity index (χ2v) is 9.19. The zero-order valence-electron chi connectivity index (χ0n) is 18.5. The number of hydrogen-bond donors (Lipinski definition) is 1. The van der Waals surface area contributed by atoms with Crippen molar-refractivity contribution >= 4 is 18.0 Å². The lowest BCUT2D eigenvalue weighted by atomic mass is 9.87. The number of nitrogens with two attached hydrogens (primary N) is 1. The number of hydrogen-bond acceptors (Lipinski definition) is 5. The third-order valence-corrected chi connectivity index (χ3v) is 5.41. The molecule has 1 aliphatic rings. The van der Waals surface area contributed by atoms with Crippen LogP contribution < -0.4 is 10.5 Å². The van der Waals surface area contributed by atoms with E-state index in [0.717, 1.165) is 5.56 Å². The molecule has 2 heterocycles. The monoisotopic (exact) mass is 424 g/mol. The standard InChI is InChI=1S/C23H28N4O4/c1-22(2,3)17-8-6-15(7-9-17)13-26-19(28)23(4,5)27(21(26)30)14-16-10-11-25-18(12-16)31-20(24)29/h6-12H,13-14H2,1-5H3,(H2,24,29). The Morgan fingerprint density at radius 2 is 1.71 bits per heavy atom. The van der Waals surface area contributed by atoms with E-state index in [0.29, 0.717) is 5.56 Å². The quantitative estimate of drug-likeness (QED) is 0.739. The van der Waals surface area contributed by atoms with E-state index in [-0.39, 0.29) is 36.3 Å². The molecule has 1 saturated heterocycles. The maximum absolute atomic E-state index is 13.1. The number of primary amides is 1. The predicted molar refractivity (Wildman–Crippen MR) is 115 cm³/mol. The Morgan fingerprint density at radius 1 is 1.06 bits per heavy atom. The summed E-state index contributed by atoms with van der Waals surface area (Å²) in [7, 11) is 0. The van der Waals surface area contributed by atoms with E-state index in [9.17, 15) is 14.4 Å². The largest absolute Gasteiger partial charge is 0.411 e. The van der Waals surface area contributed by atoms with Crippen LogP contribution in [0.2, 0.25) is 0 Å². The first-order valence-electron chi connectivity index (χ1n) is 10.0. The van der Waals surface area contributed by atoms with Crippen LogP contribution in [0.4, 0.5) is 9.59 Å². The molecule has 1 aromatic carbocycles. The fourth-order valence-electron chi connectivity index (χ4n) is 3.51. The van der Waals surface area contributed by atoms with Crippen molar-refractivity contribution < 1.29 is 19.1 Å². The van der Waals surface area contributed by atoms with Crippen molar-refractivity contribution in [2.75, 3.05) is 0 Å². The first-order chi connectivity index (χ1) is 14.4. The zero-order chi connectivity index (χ0) is 23.0. The van der Waals surface area contributed by atoms with Crippen LogP contribution in [-0.4, -0.2) is 38.4 Å². The number of carbonyl (C=O) groups excluding carboxylic acids is 3. The van der Waals surface area contributed by atoms with E-state index in [2.05, 4.69) is 25.8 Å². The molecule has 0 saturated carbocycles. The lowest BCUT2D eigenvalue weighted by Gasteiger charge is -2.27. The second kappa shape index (κ2) is 8.02. The molecule has 8 heteroatoms. The number of urea groups is 1. The fourth-order valence-corrected chi connectivity index (χ4v) is 3.51. The van der Waals surface area contributed by atoms with Crippen molar-refractivity contribution in [3.8, 4) is 5.88 Å². The molecule has 1 fully saturated rings. The highest BCUT2D eigenvalue weighted by Gasteiger charge is 2.50. The van der Waals surface area contributed by atoms with Gasteiger partial charge in [-0.2, -0.15) is 0 Å². The van der Waals surface area contributed by atoms with Gasteiger partial charge in [0.05, 0.1) is 6.54 Å². The minimum absolute atomic E-state index is 0.0260. The number of aromatic nitrogens is 1. The van der Waals surface area contributed by atoms with Crippen LogP contribution in [0.1, 0.15) is 51.3 Å². The number of nitrogens with zero attached hydrogens (tertiary/aromatic N) is 3. The van der Waals surface area contributed by atoms with Gasteiger partial charge in [0.2, 0.25) is 5.88 Å². The number of imide groups is 1. The molecular formula is C23H28N4O4. The summed E-state index contributed by atoms with van der Waals surface area (Å²) in [5.74, 6) is -0.225. The second-order valence-electron chi connectivity index (χ2n) is 9.19. The van der Waals surface area contributed by atoms with Gasteiger partial charge >= 0.3 is 12.1 Å². The summed E-state index contributed by atoms with van der Waals surface area (Å²) in [5.41, 5.74) is 6.77. The van der Waals surface area contributed by atoms with Gasteiger partial charge in [-0.1, -0.05) is 45.0 Å². The maximum Gasteiger partial charge on any atom is 0.411 e. The summed E-state index contributed by atoms with van der Waals surface area (Å²) >= 11 is 0. The zero-order valence-corrected chi connectivity index (χ0v) is 18.5. The van der Waals surface area contributed by atoms with Gasteiger partial charge in [-0.25, -0.2) is 14.6 Å². The number of amides is 4. The average molecular weight is 425 g/mol. The number of rotatable bonds is 5.